The summed E-state index contributed by atoms with van der Waals surface area (Å²) in [5, 5.41) is 15.0. The van der Waals surface area contributed by atoms with Crippen LogP contribution in [0.1, 0.15) is 35.6 Å². The predicted molar refractivity (Wildman–Crippen MR) is 139 cm³/mol. The van der Waals surface area contributed by atoms with Crippen molar-refractivity contribution in [3.8, 4) is 11.4 Å². The molecule has 38 heavy (non-hydrogen) atoms. The van der Waals surface area contributed by atoms with E-state index in [0.717, 1.165) is 16.5 Å². The third-order valence-corrected chi connectivity index (χ3v) is 7.79. The second-order valence-electron chi connectivity index (χ2n) is 9.78. The molecule has 0 aliphatic carbocycles. The van der Waals surface area contributed by atoms with Crippen LogP contribution < -0.4 is 15.8 Å². The molecule has 0 bridgehead atoms. The van der Waals surface area contributed by atoms with Crippen LogP contribution in [0.5, 0.6) is 0 Å². The van der Waals surface area contributed by atoms with Crippen LogP contribution in [0, 0.1) is 0 Å². The van der Waals surface area contributed by atoms with Gasteiger partial charge in [0.2, 0.25) is 0 Å². The molecule has 0 radical (unpaired) electrons. The first-order chi connectivity index (χ1) is 18.4. The van der Waals surface area contributed by atoms with Crippen molar-refractivity contribution < 1.29 is 19.4 Å². The van der Waals surface area contributed by atoms with Gasteiger partial charge in [0.1, 0.15) is 6.61 Å². The molecule has 1 aromatic carbocycles. The van der Waals surface area contributed by atoms with Gasteiger partial charge in [0.25, 0.3) is 5.56 Å². The summed E-state index contributed by atoms with van der Waals surface area (Å²) in [6.45, 7) is 2.08. The zero-order valence-corrected chi connectivity index (χ0v) is 20.5. The topological polar surface area (TPSA) is 127 Å². The van der Waals surface area contributed by atoms with Crippen molar-refractivity contribution >= 4 is 34.3 Å². The average molecular weight is 510 g/mol. The normalized spacial score (nSPS) is 19.1. The highest BCUT2D eigenvalue weighted by Crippen LogP contribution is 2.46. The van der Waals surface area contributed by atoms with E-state index < -0.39 is 11.6 Å². The molecule has 0 spiro atoms. The molecule has 0 saturated carbocycles. The fourth-order valence-corrected chi connectivity index (χ4v) is 5.79. The largest absolute Gasteiger partial charge is 0.458 e. The monoisotopic (exact) mass is 509 g/mol. The highest BCUT2D eigenvalue weighted by atomic mass is 16.6. The van der Waals surface area contributed by atoms with Crippen LogP contribution >= 0.6 is 0 Å². The van der Waals surface area contributed by atoms with E-state index in [1.165, 1.54) is 0 Å². The number of fused-ring (bicyclic) bond motifs is 5. The number of carbonyl (C=O) groups excluding carboxylic acids is 2. The highest BCUT2D eigenvalue weighted by molar-refractivity contribution is 6.19. The van der Waals surface area contributed by atoms with E-state index in [4.69, 9.17) is 9.72 Å². The molecular formula is C28H23N5O5. The van der Waals surface area contributed by atoms with Crippen LogP contribution in [0.4, 0.5) is 16.2 Å². The van der Waals surface area contributed by atoms with E-state index in [9.17, 15) is 19.5 Å². The van der Waals surface area contributed by atoms with Crippen LogP contribution in [-0.2, 0) is 34.7 Å². The Morgan fingerprint density at radius 1 is 1.16 bits per heavy atom. The van der Waals surface area contributed by atoms with Gasteiger partial charge in [-0.3, -0.25) is 14.7 Å². The number of urea groups is 1. The molecule has 190 valence electrons. The minimum atomic E-state index is -1.90. The molecule has 2 amide bonds. The van der Waals surface area contributed by atoms with Crippen LogP contribution in [0.25, 0.3) is 22.3 Å². The Hall–Kier alpha value is -4.57. The van der Waals surface area contributed by atoms with Gasteiger partial charge >= 0.3 is 12.0 Å². The summed E-state index contributed by atoms with van der Waals surface area (Å²) < 4.78 is 6.77. The maximum absolute atomic E-state index is 13.6. The zero-order valence-electron chi connectivity index (χ0n) is 20.5. The summed E-state index contributed by atoms with van der Waals surface area (Å²) in [6.07, 6.45) is 4.14. The second-order valence-corrected chi connectivity index (χ2v) is 9.78. The van der Waals surface area contributed by atoms with E-state index in [-0.39, 0.29) is 42.3 Å². The van der Waals surface area contributed by atoms with Crippen molar-refractivity contribution in [1.29, 1.82) is 0 Å². The van der Waals surface area contributed by atoms with Crippen molar-refractivity contribution in [1.82, 2.24) is 14.5 Å². The lowest BCUT2D eigenvalue weighted by Crippen LogP contribution is -2.44. The smallest absolute Gasteiger partial charge is 0.343 e. The van der Waals surface area contributed by atoms with Crippen LogP contribution in [0.2, 0.25) is 0 Å². The first-order valence-electron chi connectivity index (χ1n) is 12.5. The number of esters is 1. The number of nitrogens with one attached hydrogen (secondary N) is 1. The lowest BCUT2D eigenvalue weighted by atomic mass is 9.86. The average Bonchev–Trinajstić information content (AvgIpc) is 3.30. The summed E-state index contributed by atoms with van der Waals surface area (Å²) in [7, 11) is 0. The van der Waals surface area contributed by atoms with Gasteiger partial charge in [0, 0.05) is 35.5 Å². The molecule has 10 nitrogen and oxygen atoms in total. The van der Waals surface area contributed by atoms with Crippen molar-refractivity contribution in [2.75, 3.05) is 16.8 Å². The molecule has 3 aliphatic heterocycles. The third-order valence-electron chi connectivity index (χ3n) is 7.79. The molecule has 6 heterocycles. The Labute approximate surface area is 216 Å². The minimum absolute atomic E-state index is 0.0661. The molecule has 3 aliphatic rings. The first-order valence-corrected chi connectivity index (χ1v) is 12.5. The number of cyclic esters (lactones) is 1. The fourth-order valence-electron chi connectivity index (χ4n) is 5.79. The highest BCUT2D eigenvalue weighted by Gasteiger charge is 2.46. The molecule has 10 heteroatoms. The van der Waals surface area contributed by atoms with Crippen molar-refractivity contribution in [2.24, 2.45) is 0 Å². The van der Waals surface area contributed by atoms with E-state index in [0.29, 0.717) is 41.2 Å². The maximum Gasteiger partial charge on any atom is 0.343 e. The summed E-state index contributed by atoms with van der Waals surface area (Å²) >= 11 is 0. The maximum atomic E-state index is 13.6. The van der Waals surface area contributed by atoms with Gasteiger partial charge < -0.3 is 19.7 Å². The standard InChI is InChI=1S/C28H23N5O5/c1-2-28(37)18-11-21-23-16(13-33(21)25(34)17(18)14-38-26(28)35)24-22-19(30-23)6-3-7-20(22)31-27(36)32(24)10-8-15-5-4-9-29-12-15/h3-7,9,11-12,37H,2,8,10,13-14H2,1H3,(H,31,36)/t28-/m0/s1. The van der Waals surface area contributed by atoms with Gasteiger partial charge in [-0.25, -0.2) is 14.6 Å². The number of anilines is 2. The number of hydrogen-bond donors (Lipinski definition) is 2. The molecule has 3 aromatic heterocycles. The molecule has 1 atom stereocenters. The summed E-state index contributed by atoms with van der Waals surface area (Å²) in [6, 6.07) is 10.8. The number of benzene rings is 1. The number of nitrogens with zero attached hydrogens (tertiary/aromatic N) is 4. The lowest BCUT2D eigenvalue weighted by Gasteiger charge is -2.31. The van der Waals surface area contributed by atoms with E-state index >= 15 is 0 Å². The quantitative estimate of drug-likeness (QED) is 0.357. The fraction of sp³-hybridized carbons (Fsp3) is 0.250. The predicted octanol–water partition coefficient (Wildman–Crippen LogP) is 3.07. The van der Waals surface area contributed by atoms with E-state index in [2.05, 4.69) is 10.3 Å². The Kier molecular flexibility index (Phi) is 4.74. The molecule has 7 rings (SSSR count). The Morgan fingerprint density at radius 2 is 2.03 bits per heavy atom. The number of pyridine rings is 3. The van der Waals surface area contributed by atoms with Gasteiger partial charge in [-0.05, 0) is 42.7 Å². The van der Waals surface area contributed by atoms with Crippen LogP contribution in [0.3, 0.4) is 0 Å². The zero-order chi connectivity index (χ0) is 26.2. The molecular weight excluding hydrogens is 486 g/mol. The Morgan fingerprint density at radius 3 is 2.82 bits per heavy atom. The van der Waals surface area contributed by atoms with Crippen molar-refractivity contribution in [3.63, 3.8) is 0 Å². The summed E-state index contributed by atoms with van der Waals surface area (Å²) in [4.78, 5) is 50.3. The van der Waals surface area contributed by atoms with E-state index in [1.54, 1.807) is 34.9 Å². The third kappa shape index (κ3) is 3.00. The first kappa shape index (κ1) is 22.6. The molecule has 2 N–H and O–H groups in total. The number of aromatic nitrogens is 3. The van der Waals surface area contributed by atoms with E-state index in [1.807, 2.05) is 30.3 Å². The van der Waals surface area contributed by atoms with Crippen LogP contribution in [0.15, 0.2) is 53.6 Å². The number of aliphatic hydroxyl groups is 1. The Balaban J connectivity index is 1.44. The molecule has 4 aromatic rings. The number of rotatable bonds is 4. The second kappa shape index (κ2) is 7.96. The van der Waals surface area contributed by atoms with Gasteiger partial charge in [-0.1, -0.05) is 19.1 Å². The van der Waals surface area contributed by atoms with Gasteiger partial charge in [0.15, 0.2) is 5.60 Å². The molecule has 0 saturated heterocycles. The lowest BCUT2D eigenvalue weighted by molar-refractivity contribution is -0.172. The number of ether oxygens (including phenoxy) is 1. The number of carbonyl (C=O) groups is 2. The number of hydrogen-bond acceptors (Lipinski definition) is 7. The SMILES string of the molecule is CC[C@@]1(O)C(=O)OCc2c1cc1n(c2=O)Cc2c-1nc1cccc3c1c2N(CCc1cccnc1)C(=O)N3. The van der Waals surface area contributed by atoms with Gasteiger partial charge in [0.05, 0.1) is 40.4 Å². The van der Waals surface area contributed by atoms with Gasteiger partial charge in [-0.2, -0.15) is 0 Å². The minimum Gasteiger partial charge on any atom is -0.458 e. The number of amides is 2. The summed E-state index contributed by atoms with van der Waals surface area (Å²) in [5.41, 5.74) is 3.14. The molecule has 0 fully saturated rings. The Bertz CT molecular complexity index is 1750. The summed E-state index contributed by atoms with van der Waals surface area (Å²) in [5.74, 6) is -0.764. The van der Waals surface area contributed by atoms with Crippen LogP contribution in [-0.4, -0.2) is 38.2 Å². The van der Waals surface area contributed by atoms with Crippen molar-refractivity contribution in [2.45, 2.75) is 38.5 Å². The molecule has 0 unspecified atom stereocenters. The van der Waals surface area contributed by atoms with Crippen molar-refractivity contribution in [3.05, 3.63) is 81.4 Å². The van der Waals surface area contributed by atoms with Gasteiger partial charge in [-0.15, -0.1) is 0 Å².